The predicted octanol–water partition coefficient (Wildman–Crippen LogP) is 3.19. The number of aromatic nitrogens is 1. The molecule has 0 amide bonds. The third-order valence-electron chi connectivity index (χ3n) is 3.02. The number of hydrogen-bond donors (Lipinski definition) is 1. The van der Waals surface area contributed by atoms with Crippen molar-refractivity contribution in [1.82, 2.24) is 4.98 Å². The van der Waals surface area contributed by atoms with Crippen molar-refractivity contribution in [2.24, 2.45) is 11.1 Å². The van der Waals surface area contributed by atoms with E-state index in [1.165, 1.54) is 11.3 Å². The second kappa shape index (κ2) is 5.03. The molecule has 0 aromatic carbocycles. The van der Waals surface area contributed by atoms with Crippen LogP contribution in [0.25, 0.3) is 0 Å². The first-order chi connectivity index (χ1) is 8.66. The van der Waals surface area contributed by atoms with E-state index in [4.69, 9.17) is 5.73 Å². The first kappa shape index (κ1) is 14.7. The first-order valence-electron chi connectivity index (χ1n) is 6.05. The summed E-state index contributed by atoms with van der Waals surface area (Å²) in [5.41, 5.74) is 7.09. The van der Waals surface area contributed by atoms with Gasteiger partial charge in [0.15, 0.2) is 0 Å². The lowest BCUT2D eigenvalue weighted by atomic mass is 9.77. The van der Waals surface area contributed by atoms with Crippen LogP contribution in [0.2, 0.25) is 0 Å². The molecule has 1 aromatic heterocycles. The molecule has 1 unspecified atom stereocenters. The van der Waals surface area contributed by atoms with E-state index in [1.54, 1.807) is 0 Å². The number of halogens is 3. The molecule has 0 aliphatic heterocycles. The Morgan fingerprint density at radius 3 is 2.79 bits per heavy atom. The van der Waals surface area contributed by atoms with Crippen LogP contribution in [0.5, 0.6) is 0 Å². The lowest BCUT2D eigenvalue weighted by molar-refractivity contribution is -0.176. The van der Waals surface area contributed by atoms with Crippen LogP contribution in [0.3, 0.4) is 0 Å². The third-order valence-corrected chi connectivity index (χ3v) is 4.22. The van der Waals surface area contributed by atoms with Crippen molar-refractivity contribution in [1.29, 1.82) is 0 Å². The van der Waals surface area contributed by atoms with Crippen molar-refractivity contribution in [2.75, 3.05) is 6.61 Å². The van der Waals surface area contributed by atoms with Crippen molar-refractivity contribution in [3.63, 3.8) is 0 Å². The third kappa shape index (κ3) is 3.90. The zero-order chi connectivity index (χ0) is 14.3. The minimum atomic E-state index is -4.30. The summed E-state index contributed by atoms with van der Waals surface area (Å²) >= 11 is 1.37. The molecule has 0 saturated heterocycles. The van der Waals surface area contributed by atoms with E-state index in [0.717, 1.165) is 23.4 Å². The van der Waals surface area contributed by atoms with Gasteiger partial charge >= 0.3 is 6.18 Å². The van der Waals surface area contributed by atoms with Crippen molar-refractivity contribution < 1.29 is 17.9 Å². The number of thiazole rings is 1. The SMILES string of the molecule is CC1(C)Cc2nc(COCC(F)(F)F)sc2C(N)C1. The number of rotatable bonds is 3. The summed E-state index contributed by atoms with van der Waals surface area (Å²) in [4.78, 5) is 5.35. The molecule has 1 aliphatic carbocycles. The molecule has 3 nitrogen and oxygen atoms in total. The molecule has 1 atom stereocenters. The molecule has 1 aromatic rings. The first-order valence-corrected chi connectivity index (χ1v) is 6.86. The fourth-order valence-corrected chi connectivity index (χ4v) is 3.38. The second-order valence-corrected chi connectivity index (χ2v) is 6.79. The predicted molar refractivity (Wildman–Crippen MR) is 66.9 cm³/mol. The standard InChI is InChI=1S/C12H17F3N2OS/c1-11(2)3-7(16)10-8(4-11)17-9(19-10)5-18-6-12(13,14)15/h7H,3-6,16H2,1-2H3. The van der Waals surface area contributed by atoms with Gasteiger partial charge in [-0.15, -0.1) is 11.3 Å². The number of ether oxygens (including phenoxy) is 1. The Balaban J connectivity index is 2.02. The summed E-state index contributed by atoms with van der Waals surface area (Å²) in [7, 11) is 0. The van der Waals surface area contributed by atoms with Gasteiger partial charge in [-0.05, 0) is 18.3 Å². The molecule has 2 N–H and O–H groups in total. The quantitative estimate of drug-likeness (QED) is 0.931. The Hall–Kier alpha value is -0.660. The van der Waals surface area contributed by atoms with Crippen molar-refractivity contribution in [3.05, 3.63) is 15.6 Å². The van der Waals surface area contributed by atoms with Crippen LogP contribution in [-0.2, 0) is 17.8 Å². The van der Waals surface area contributed by atoms with Gasteiger partial charge < -0.3 is 10.5 Å². The van der Waals surface area contributed by atoms with E-state index in [-0.39, 0.29) is 18.1 Å². The minimum Gasteiger partial charge on any atom is -0.365 e. The zero-order valence-electron chi connectivity index (χ0n) is 10.9. The maximum absolute atomic E-state index is 12.0. The second-order valence-electron chi connectivity index (χ2n) is 5.68. The Morgan fingerprint density at radius 2 is 2.16 bits per heavy atom. The summed E-state index contributed by atoms with van der Waals surface area (Å²) in [6.07, 6.45) is -2.62. The molecular weight excluding hydrogens is 277 g/mol. The van der Waals surface area contributed by atoms with E-state index >= 15 is 0 Å². The number of alkyl halides is 3. The van der Waals surface area contributed by atoms with E-state index in [0.29, 0.717) is 5.01 Å². The molecule has 0 bridgehead atoms. The van der Waals surface area contributed by atoms with Gasteiger partial charge in [0.1, 0.15) is 11.6 Å². The van der Waals surface area contributed by atoms with E-state index in [2.05, 4.69) is 23.6 Å². The van der Waals surface area contributed by atoms with Gasteiger partial charge in [0.05, 0.1) is 12.3 Å². The van der Waals surface area contributed by atoms with Gasteiger partial charge in [-0.1, -0.05) is 13.8 Å². The Kier molecular flexibility index (Phi) is 3.90. The summed E-state index contributed by atoms with van der Waals surface area (Å²) in [6.45, 7) is 2.89. The summed E-state index contributed by atoms with van der Waals surface area (Å²) in [5, 5.41) is 0.572. The monoisotopic (exact) mass is 294 g/mol. The normalized spacial score (nSPS) is 22.3. The minimum absolute atomic E-state index is 0.0763. The highest BCUT2D eigenvalue weighted by atomic mass is 32.1. The average molecular weight is 294 g/mol. The highest BCUT2D eigenvalue weighted by molar-refractivity contribution is 7.11. The maximum Gasteiger partial charge on any atom is 0.411 e. The van der Waals surface area contributed by atoms with Crippen molar-refractivity contribution in [2.45, 2.75) is 45.5 Å². The van der Waals surface area contributed by atoms with E-state index in [1.807, 2.05) is 0 Å². The van der Waals surface area contributed by atoms with Gasteiger partial charge in [-0.25, -0.2) is 4.98 Å². The molecule has 1 aliphatic rings. The Labute approximate surface area is 114 Å². The van der Waals surface area contributed by atoms with Gasteiger partial charge in [0.2, 0.25) is 0 Å². The van der Waals surface area contributed by atoms with Crippen LogP contribution in [0.4, 0.5) is 13.2 Å². The van der Waals surface area contributed by atoms with Gasteiger partial charge in [0, 0.05) is 10.9 Å². The fraction of sp³-hybridized carbons (Fsp3) is 0.750. The van der Waals surface area contributed by atoms with Crippen molar-refractivity contribution in [3.8, 4) is 0 Å². The number of hydrogen-bond acceptors (Lipinski definition) is 4. The molecule has 2 rings (SSSR count). The summed E-state index contributed by atoms with van der Waals surface area (Å²) in [6, 6.07) is -0.0763. The van der Waals surface area contributed by atoms with Crippen molar-refractivity contribution >= 4 is 11.3 Å². The maximum atomic E-state index is 12.0. The average Bonchev–Trinajstić information content (AvgIpc) is 2.56. The highest BCUT2D eigenvalue weighted by Crippen LogP contribution is 2.41. The molecule has 0 radical (unpaired) electrons. The molecule has 0 fully saturated rings. The smallest absolute Gasteiger partial charge is 0.365 e. The van der Waals surface area contributed by atoms with Gasteiger partial charge in [-0.3, -0.25) is 0 Å². The van der Waals surface area contributed by atoms with Crippen LogP contribution < -0.4 is 5.73 Å². The summed E-state index contributed by atoms with van der Waals surface area (Å²) in [5.74, 6) is 0. The molecule has 1 heterocycles. The molecule has 108 valence electrons. The largest absolute Gasteiger partial charge is 0.411 e. The molecule has 0 spiro atoms. The molecule has 19 heavy (non-hydrogen) atoms. The van der Waals surface area contributed by atoms with E-state index < -0.39 is 12.8 Å². The Bertz CT molecular complexity index is 456. The number of nitrogens with two attached hydrogens (primary N) is 1. The van der Waals surface area contributed by atoms with Crippen LogP contribution in [0.15, 0.2) is 0 Å². The zero-order valence-corrected chi connectivity index (χ0v) is 11.7. The fourth-order valence-electron chi connectivity index (χ4n) is 2.36. The lowest BCUT2D eigenvalue weighted by Crippen LogP contribution is -2.28. The van der Waals surface area contributed by atoms with Gasteiger partial charge in [0.25, 0.3) is 0 Å². The highest BCUT2D eigenvalue weighted by Gasteiger charge is 2.33. The molecule has 7 heteroatoms. The van der Waals surface area contributed by atoms with Gasteiger partial charge in [-0.2, -0.15) is 13.2 Å². The Morgan fingerprint density at radius 1 is 1.47 bits per heavy atom. The number of fused-ring (bicyclic) bond motifs is 1. The summed E-state index contributed by atoms with van der Waals surface area (Å²) < 4.78 is 40.6. The van der Waals surface area contributed by atoms with Crippen LogP contribution >= 0.6 is 11.3 Å². The lowest BCUT2D eigenvalue weighted by Gasteiger charge is -2.32. The molecular formula is C12H17F3N2OS. The van der Waals surface area contributed by atoms with Crippen LogP contribution in [0.1, 0.15) is 41.9 Å². The van der Waals surface area contributed by atoms with E-state index in [9.17, 15) is 13.2 Å². The van der Waals surface area contributed by atoms with Crippen LogP contribution in [0, 0.1) is 5.41 Å². The molecule has 0 saturated carbocycles. The topological polar surface area (TPSA) is 48.1 Å². The van der Waals surface area contributed by atoms with Crippen LogP contribution in [-0.4, -0.2) is 17.8 Å². The number of nitrogens with zero attached hydrogens (tertiary/aromatic N) is 1.